The maximum absolute atomic E-state index is 13.2. The monoisotopic (exact) mass is 355 g/mol. The molecule has 2 aliphatic heterocycles. The molecule has 0 aliphatic carbocycles. The van der Waals surface area contributed by atoms with Crippen molar-refractivity contribution in [2.75, 3.05) is 19.6 Å². The van der Waals surface area contributed by atoms with Gasteiger partial charge in [-0.3, -0.25) is 20.2 Å². The lowest BCUT2D eigenvalue weighted by atomic mass is 10.1. The molecule has 1 amide bonds. The molecule has 1 N–H and O–H groups in total. The van der Waals surface area contributed by atoms with Crippen molar-refractivity contribution in [3.05, 3.63) is 34.4 Å². The first-order valence-electron chi connectivity index (χ1n) is 8.15. The highest BCUT2D eigenvalue weighted by Gasteiger charge is 2.43. The SMILES string of the molecule is O=C(C1CC(F)(F)CN1)N1CCC(Oc2ccc([N+](=O)[O-])cc2)CC1. The molecule has 1 aromatic rings. The van der Waals surface area contributed by atoms with Crippen molar-refractivity contribution in [2.45, 2.75) is 37.3 Å². The number of carbonyl (C=O) groups is 1. The fraction of sp³-hybridized carbons (Fsp3) is 0.562. The normalized spacial score (nSPS) is 23.4. The maximum Gasteiger partial charge on any atom is 0.269 e. The summed E-state index contributed by atoms with van der Waals surface area (Å²) < 4.78 is 32.2. The summed E-state index contributed by atoms with van der Waals surface area (Å²) in [6, 6.07) is 5.02. The van der Waals surface area contributed by atoms with Crippen molar-refractivity contribution in [3.63, 3.8) is 0 Å². The third-order valence-corrected chi connectivity index (χ3v) is 4.51. The van der Waals surface area contributed by atoms with E-state index in [0.29, 0.717) is 31.7 Å². The summed E-state index contributed by atoms with van der Waals surface area (Å²) in [6.07, 6.45) is 0.617. The summed E-state index contributed by atoms with van der Waals surface area (Å²) >= 11 is 0. The van der Waals surface area contributed by atoms with Gasteiger partial charge in [0.15, 0.2) is 0 Å². The summed E-state index contributed by atoms with van der Waals surface area (Å²) in [6.45, 7) is 0.434. The Morgan fingerprint density at radius 3 is 2.44 bits per heavy atom. The van der Waals surface area contributed by atoms with E-state index in [2.05, 4.69) is 5.32 Å². The van der Waals surface area contributed by atoms with Crippen LogP contribution < -0.4 is 10.1 Å². The number of rotatable bonds is 4. The van der Waals surface area contributed by atoms with Crippen LogP contribution in [0.25, 0.3) is 0 Å². The summed E-state index contributed by atoms with van der Waals surface area (Å²) in [4.78, 5) is 24.0. The number of carbonyl (C=O) groups excluding carboxylic acids is 1. The van der Waals surface area contributed by atoms with Gasteiger partial charge in [0.25, 0.3) is 11.6 Å². The van der Waals surface area contributed by atoms with E-state index in [4.69, 9.17) is 4.74 Å². The number of benzene rings is 1. The molecule has 25 heavy (non-hydrogen) atoms. The van der Waals surface area contributed by atoms with Gasteiger partial charge in [0.1, 0.15) is 11.9 Å². The Morgan fingerprint density at radius 1 is 1.28 bits per heavy atom. The standard InChI is InChI=1S/C16H19F2N3O4/c17-16(18)9-14(19-10-16)15(22)20-7-5-13(6-8-20)25-12-3-1-11(2-4-12)21(23)24/h1-4,13-14,19H,5-10H2. The molecular weight excluding hydrogens is 336 g/mol. The van der Waals surface area contributed by atoms with Crippen molar-refractivity contribution in [3.8, 4) is 5.75 Å². The van der Waals surface area contributed by atoms with E-state index in [0.717, 1.165) is 0 Å². The molecule has 2 aliphatic rings. The van der Waals surface area contributed by atoms with Crippen LogP contribution in [0, 0.1) is 10.1 Å². The van der Waals surface area contributed by atoms with Gasteiger partial charge < -0.3 is 9.64 Å². The topological polar surface area (TPSA) is 84.7 Å². The number of hydrogen-bond acceptors (Lipinski definition) is 5. The number of nitro benzene ring substituents is 1. The van der Waals surface area contributed by atoms with E-state index in [1.807, 2.05) is 0 Å². The molecule has 0 bridgehead atoms. The largest absolute Gasteiger partial charge is 0.490 e. The zero-order valence-electron chi connectivity index (χ0n) is 13.5. The first-order valence-corrected chi connectivity index (χ1v) is 8.15. The number of piperidine rings is 1. The molecule has 2 heterocycles. The van der Waals surface area contributed by atoms with Gasteiger partial charge in [-0.15, -0.1) is 0 Å². The van der Waals surface area contributed by atoms with Crippen LogP contribution in [0.1, 0.15) is 19.3 Å². The van der Waals surface area contributed by atoms with Crippen molar-refractivity contribution in [2.24, 2.45) is 0 Å². The molecule has 3 rings (SSSR count). The third-order valence-electron chi connectivity index (χ3n) is 4.51. The third kappa shape index (κ3) is 4.22. The van der Waals surface area contributed by atoms with Crippen molar-refractivity contribution >= 4 is 11.6 Å². The number of halogens is 2. The van der Waals surface area contributed by atoms with Crippen LogP contribution in [0.2, 0.25) is 0 Å². The van der Waals surface area contributed by atoms with E-state index in [1.54, 1.807) is 17.0 Å². The minimum atomic E-state index is -2.82. The highest BCUT2D eigenvalue weighted by molar-refractivity contribution is 5.82. The molecule has 9 heteroatoms. The van der Waals surface area contributed by atoms with E-state index in [9.17, 15) is 23.7 Å². The Labute approximate surface area is 143 Å². The van der Waals surface area contributed by atoms with Crippen LogP contribution in [-0.4, -0.2) is 53.4 Å². The lowest BCUT2D eigenvalue weighted by Gasteiger charge is -2.33. The Hall–Kier alpha value is -2.29. The Bertz CT molecular complexity index is 645. The fourth-order valence-corrected chi connectivity index (χ4v) is 3.14. The average molecular weight is 355 g/mol. The number of nitro groups is 1. The van der Waals surface area contributed by atoms with Gasteiger partial charge in [-0.05, 0) is 12.1 Å². The molecule has 2 fully saturated rings. The molecule has 1 atom stereocenters. The molecular formula is C16H19F2N3O4. The van der Waals surface area contributed by atoms with E-state index in [1.165, 1.54) is 12.1 Å². The minimum Gasteiger partial charge on any atom is -0.490 e. The number of nitrogens with zero attached hydrogens (tertiary/aromatic N) is 2. The summed E-state index contributed by atoms with van der Waals surface area (Å²) in [5, 5.41) is 13.2. The van der Waals surface area contributed by atoms with E-state index >= 15 is 0 Å². The van der Waals surface area contributed by atoms with E-state index in [-0.39, 0.29) is 17.7 Å². The summed E-state index contributed by atoms with van der Waals surface area (Å²) in [7, 11) is 0. The Morgan fingerprint density at radius 2 is 1.92 bits per heavy atom. The van der Waals surface area contributed by atoms with E-state index < -0.39 is 29.9 Å². The first-order chi connectivity index (χ1) is 11.8. The summed E-state index contributed by atoms with van der Waals surface area (Å²) in [5.74, 6) is -2.57. The second-order valence-corrected chi connectivity index (χ2v) is 6.39. The van der Waals surface area contributed by atoms with Gasteiger partial charge in [0, 0.05) is 44.5 Å². The molecule has 1 unspecified atom stereocenters. The van der Waals surface area contributed by atoms with Gasteiger partial charge >= 0.3 is 0 Å². The lowest BCUT2D eigenvalue weighted by molar-refractivity contribution is -0.384. The molecule has 0 radical (unpaired) electrons. The fourth-order valence-electron chi connectivity index (χ4n) is 3.14. The molecule has 2 saturated heterocycles. The molecule has 0 aromatic heterocycles. The molecule has 136 valence electrons. The van der Waals surface area contributed by atoms with Crippen LogP contribution in [0.3, 0.4) is 0 Å². The number of hydrogen-bond donors (Lipinski definition) is 1. The number of alkyl halides is 2. The number of amides is 1. The van der Waals surface area contributed by atoms with Crippen LogP contribution in [0.4, 0.5) is 14.5 Å². The van der Waals surface area contributed by atoms with Crippen molar-refractivity contribution < 1.29 is 23.2 Å². The number of nitrogens with one attached hydrogen (secondary N) is 1. The number of ether oxygens (including phenoxy) is 1. The van der Waals surface area contributed by atoms with Gasteiger partial charge in [0.2, 0.25) is 5.91 Å². The number of non-ortho nitro benzene ring substituents is 1. The van der Waals surface area contributed by atoms with Crippen LogP contribution in [0.5, 0.6) is 5.75 Å². The zero-order valence-corrected chi connectivity index (χ0v) is 13.5. The lowest BCUT2D eigenvalue weighted by Crippen LogP contribution is -2.48. The minimum absolute atomic E-state index is 0.00590. The number of likely N-dealkylation sites (tertiary alicyclic amines) is 1. The van der Waals surface area contributed by atoms with Crippen molar-refractivity contribution in [1.82, 2.24) is 10.2 Å². The molecule has 1 aromatic carbocycles. The molecule has 0 spiro atoms. The zero-order chi connectivity index (χ0) is 18.0. The molecule has 0 saturated carbocycles. The smallest absolute Gasteiger partial charge is 0.269 e. The average Bonchev–Trinajstić information content (AvgIpc) is 2.95. The highest BCUT2D eigenvalue weighted by Crippen LogP contribution is 2.27. The second-order valence-electron chi connectivity index (χ2n) is 6.39. The quantitative estimate of drug-likeness (QED) is 0.659. The maximum atomic E-state index is 13.2. The second kappa shape index (κ2) is 6.91. The van der Waals surface area contributed by atoms with Crippen LogP contribution in [0.15, 0.2) is 24.3 Å². The van der Waals surface area contributed by atoms with Gasteiger partial charge in [-0.25, -0.2) is 8.78 Å². The first kappa shape index (κ1) is 17.5. The highest BCUT2D eigenvalue weighted by atomic mass is 19.3. The Balaban J connectivity index is 1.48. The van der Waals surface area contributed by atoms with Crippen LogP contribution in [-0.2, 0) is 4.79 Å². The summed E-state index contributed by atoms with van der Waals surface area (Å²) in [5.41, 5.74) is -0.00590. The predicted molar refractivity (Wildman–Crippen MR) is 84.7 cm³/mol. The molecule has 7 nitrogen and oxygen atoms in total. The predicted octanol–water partition coefficient (Wildman–Crippen LogP) is 1.96. The van der Waals surface area contributed by atoms with Crippen LogP contribution >= 0.6 is 0 Å². The Kier molecular flexibility index (Phi) is 4.85. The van der Waals surface area contributed by atoms with Gasteiger partial charge in [-0.2, -0.15) is 0 Å². The van der Waals surface area contributed by atoms with Crippen molar-refractivity contribution in [1.29, 1.82) is 0 Å². The van der Waals surface area contributed by atoms with Gasteiger partial charge in [0.05, 0.1) is 17.5 Å². The van der Waals surface area contributed by atoms with Gasteiger partial charge in [-0.1, -0.05) is 0 Å².